The average molecular weight is 325 g/mol. The Bertz CT molecular complexity index is 529. The molecule has 1 amide bonds. The summed E-state index contributed by atoms with van der Waals surface area (Å²) in [6.07, 6.45) is 6.10. The van der Waals surface area contributed by atoms with Crippen molar-refractivity contribution in [1.82, 2.24) is 5.32 Å². The number of rotatable bonds is 6. The third-order valence-electron chi connectivity index (χ3n) is 4.25. The molecule has 0 saturated heterocycles. The number of benzene rings is 1. The highest BCUT2D eigenvalue weighted by atomic mass is 32.2. The van der Waals surface area contributed by atoms with Gasteiger partial charge in [0.25, 0.3) is 0 Å². The van der Waals surface area contributed by atoms with Gasteiger partial charge in [-0.3, -0.25) is 9.00 Å². The predicted octanol–water partition coefficient (Wildman–Crippen LogP) is 3.16. The number of hydrogen-bond acceptors (Lipinski definition) is 2. The highest BCUT2D eigenvalue weighted by molar-refractivity contribution is 7.85. The third kappa shape index (κ3) is 5.20. The zero-order valence-corrected chi connectivity index (χ0v) is 13.8. The van der Waals surface area contributed by atoms with Crippen LogP contribution in [0.15, 0.2) is 24.3 Å². The highest BCUT2D eigenvalue weighted by Crippen LogP contribution is 2.22. The quantitative estimate of drug-likeness (QED) is 0.873. The lowest BCUT2D eigenvalue weighted by molar-refractivity contribution is -0.120. The molecule has 1 N–H and O–H groups in total. The van der Waals surface area contributed by atoms with E-state index in [4.69, 9.17) is 0 Å². The van der Waals surface area contributed by atoms with Crippen molar-refractivity contribution >= 4 is 16.7 Å². The van der Waals surface area contributed by atoms with Gasteiger partial charge in [0.05, 0.1) is 0 Å². The van der Waals surface area contributed by atoms with E-state index in [1.54, 1.807) is 19.1 Å². The number of carbonyl (C=O) groups excluding carboxylic acids is 1. The maximum atomic E-state index is 13.1. The second-order valence-corrected chi connectivity index (χ2v) is 7.80. The molecular weight excluding hydrogens is 301 g/mol. The minimum Gasteiger partial charge on any atom is -0.355 e. The van der Waals surface area contributed by atoms with Gasteiger partial charge in [-0.2, -0.15) is 0 Å². The first kappa shape index (κ1) is 17.1. The molecule has 0 heterocycles. The van der Waals surface area contributed by atoms with Crippen LogP contribution >= 0.6 is 0 Å². The zero-order chi connectivity index (χ0) is 15.9. The first-order chi connectivity index (χ1) is 10.6. The molecule has 5 heteroatoms. The summed E-state index contributed by atoms with van der Waals surface area (Å²) in [5, 5.41) is 2.35. The van der Waals surface area contributed by atoms with Gasteiger partial charge in [0.1, 0.15) is 11.1 Å². The number of carbonyl (C=O) groups is 1. The topological polar surface area (TPSA) is 46.2 Å². The van der Waals surface area contributed by atoms with Gasteiger partial charge in [0.2, 0.25) is 5.91 Å². The Morgan fingerprint density at radius 1 is 1.36 bits per heavy atom. The maximum Gasteiger partial charge on any atom is 0.235 e. The van der Waals surface area contributed by atoms with Crippen molar-refractivity contribution in [3.8, 4) is 0 Å². The normalized spacial score (nSPS) is 18.6. The monoisotopic (exact) mass is 325 g/mol. The molecular formula is C17H24FNO2S. The first-order valence-electron chi connectivity index (χ1n) is 7.95. The molecule has 1 aliphatic rings. The molecule has 0 aliphatic heterocycles. The van der Waals surface area contributed by atoms with Gasteiger partial charge < -0.3 is 5.32 Å². The van der Waals surface area contributed by atoms with Crippen LogP contribution in [0.1, 0.15) is 44.6 Å². The maximum absolute atomic E-state index is 13.1. The molecule has 2 rings (SSSR count). The Kier molecular flexibility index (Phi) is 6.55. The molecule has 1 fully saturated rings. The van der Waals surface area contributed by atoms with E-state index in [1.165, 1.54) is 44.2 Å². The Balaban J connectivity index is 1.80. The largest absolute Gasteiger partial charge is 0.355 e. The van der Waals surface area contributed by atoms with Crippen molar-refractivity contribution in [2.24, 2.45) is 5.92 Å². The van der Waals surface area contributed by atoms with Crippen LogP contribution < -0.4 is 5.32 Å². The molecule has 1 aromatic rings. The van der Waals surface area contributed by atoms with E-state index in [0.717, 1.165) is 0 Å². The molecule has 1 saturated carbocycles. The smallest absolute Gasteiger partial charge is 0.235 e. The Morgan fingerprint density at radius 2 is 2.09 bits per heavy atom. The zero-order valence-electron chi connectivity index (χ0n) is 13.0. The predicted molar refractivity (Wildman–Crippen MR) is 87.3 cm³/mol. The molecule has 3 nitrogen and oxygen atoms in total. The number of amides is 1. The Hall–Kier alpha value is -1.23. The van der Waals surface area contributed by atoms with Crippen molar-refractivity contribution in [1.29, 1.82) is 0 Å². The molecule has 0 aromatic heterocycles. The summed E-state index contributed by atoms with van der Waals surface area (Å²) in [5.41, 5.74) is 0.658. The summed E-state index contributed by atoms with van der Waals surface area (Å²) in [4.78, 5) is 12.1. The van der Waals surface area contributed by atoms with Crippen LogP contribution in [0.2, 0.25) is 0 Å². The Morgan fingerprint density at radius 3 is 2.77 bits per heavy atom. The third-order valence-corrected chi connectivity index (χ3v) is 5.87. The molecule has 122 valence electrons. The van der Waals surface area contributed by atoms with E-state index in [0.29, 0.717) is 18.0 Å². The van der Waals surface area contributed by atoms with Gasteiger partial charge in [-0.25, -0.2) is 4.39 Å². The van der Waals surface area contributed by atoms with Crippen LogP contribution in [-0.2, 0) is 21.3 Å². The van der Waals surface area contributed by atoms with Gasteiger partial charge in [-0.15, -0.1) is 0 Å². The van der Waals surface area contributed by atoms with Gasteiger partial charge in [-0.1, -0.05) is 31.4 Å². The molecule has 2 unspecified atom stereocenters. The Labute approximate surface area is 134 Å². The van der Waals surface area contributed by atoms with E-state index < -0.39 is 16.0 Å². The van der Waals surface area contributed by atoms with E-state index in [2.05, 4.69) is 5.32 Å². The van der Waals surface area contributed by atoms with E-state index >= 15 is 0 Å². The summed E-state index contributed by atoms with van der Waals surface area (Å²) in [5.74, 6) is 0.251. The van der Waals surface area contributed by atoms with E-state index in [9.17, 15) is 13.4 Å². The van der Waals surface area contributed by atoms with Gasteiger partial charge >= 0.3 is 0 Å². The molecule has 0 spiro atoms. The molecule has 22 heavy (non-hydrogen) atoms. The van der Waals surface area contributed by atoms with Crippen molar-refractivity contribution in [2.75, 3.05) is 6.54 Å². The van der Waals surface area contributed by atoms with Crippen LogP contribution in [0, 0.1) is 11.7 Å². The lowest BCUT2D eigenvalue weighted by Crippen LogP contribution is -2.38. The van der Waals surface area contributed by atoms with Crippen LogP contribution in [-0.4, -0.2) is 21.9 Å². The summed E-state index contributed by atoms with van der Waals surface area (Å²) in [7, 11) is -1.34. The number of hydrogen-bond donors (Lipinski definition) is 1. The fraction of sp³-hybridized carbons (Fsp3) is 0.588. The molecule has 1 aliphatic carbocycles. The standard InChI is InChI=1S/C17H24FNO2S/c1-13(17(20)19-11-14-6-3-2-4-7-14)22(21)12-15-8-5-9-16(18)10-15/h5,8-10,13-14H,2-4,6-7,11-12H2,1H3,(H,19,20). The van der Waals surface area contributed by atoms with Crippen molar-refractivity contribution in [2.45, 2.75) is 50.0 Å². The molecule has 0 bridgehead atoms. The second kappa shape index (κ2) is 8.42. The minimum absolute atomic E-state index is 0.166. The average Bonchev–Trinajstić information content (AvgIpc) is 2.53. The second-order valence-electron chi connectivity index (χ2n) is 6.05. The van der Waals surface area contributed by atoms with Gasteiger partial charge in [0, 0.05) is 23.1 Å². The van der Waals surface area contributed by atoms with Crippen LogP contribution in [0.5, 0.6) is 0 Å². The summed E-state index contributed by atoms with van der Waals surface area (Å²) in [6, 6.07) is 6.04. The van der Waals surface area contributed by atoms with E-state index in [-0.39, 0.29) is 17.5 Å². The van der Waals surface area contributed by atoms with Crippen LogP contribution in [0.3, 0.4) is 0 Å². The molecule has 2 atom stereocenters. The van der Waals surface area contributed by atoms with Crippen LogP contribution in [0.25, 0.3) is 0 Å². The minimum atomic E-state index is -1.34. The lowest BCUT2D eigenvalue weighted by Gasteiger charge is -2.22. The van der Waals surface area contributed by atoms with Crippen molar-refractivity contribution < 1.29 is 13.4 Å². The van der Waals surface area contributed by atoms with Crippen LogP contribution in [0.4, 0.5) is 4.39 Å². The van der Waals surface area contributed by atoms with Gasteiger partial charge in [-0.05, 0) is 43.4 Å². The van der Waals surface area contributed by atoms with Gasteiger partial charge in [0.15, 0.2) is 0 Å². The SMILES string of the molecule is CC(C(=O)NCC1CCCCC1)S(=O)Cc1cccc(F)c1. The lowest BCUT2D eigenvalue weighted by atomic mass is 9.89. The summed E-state index contributed by atoms with van der Waals surface area (Å²) >= 11 is 0. The fourth-order valence-electron chi connectivity index (χ4n) is 2.82. The van der Waals surface area contributed by atoms with Crippen molar-refractivity contribution in [3.63, 3.8) is 0 Å². The number of nitrogens with one attached hydrogen (secondary N) is 1. The fourth-order valence-corrected chi connectivity index (χ4v) is 3.90. The summed E-state index contributed by atoms with van der Waals surface area (Å²) < 4.78 is 25.4. The number of halogens is 1. The first-order valence-corrected chi connectivity index (χ1v) is 9.34. The summed E-state index contributed by atoms with van der Waals surface area (Å²) in [6.45, 7) is 2.35. The van der Waals surface area contributed by atoms with E-state index in [1.807, 2.05) is 0 Å². The highest BCUT2D eigenvalue weighted by Gasteiger charge is 2.21. The molecule has 0 radical (unpaired) electrons. The molecule has 1 aromatic carbocycles. The van der Waals surface area contributed by atoms with Crippen molar-refractivity contribution in [3.05, 3.63) is 35.6 Å².